The molecule has 0 bridgehead atoms. The molecule has 9 aromatic carbocycles. The summed E-state index contributed by atoms with van der Waals surface area (Å²) < 4.78 is 5.19. The molecule has 0 aromatic heterocycles. The Morgan fingerprint density at radius 1 is 0.372 bits per heavy atom. The summed E-state index contributed by atoms with van der Waals surface area (Å²) in [5.41, 5.74) is 3.77. The van der Waals surface area contributed by atoms with Crippen LogP contribution in [-0.2, 0) is 56.1 Å². The average molecular weight is 2020 g/mol. The summed E-state index contributed by atoms with van der Waals surface area (Å²) in [7, 11) is 0. The minimum atomic E-state index is -0.728. The molecule has 24 heteroatoms. The Hall–Kier alpha value is -14.6. The van der Waals surface area contributed by atoms with Gasteiger partial charge in [0.1, 0.15) is 6.61 Å². The number of halogens is 1. The SMILES string of the molecule is C=C(C)C[C@]1(C)CCCN(C(=O)c2ccccc2)C1=O.C=C(Cl)C[C@]1(C)CCCN(C(=O)c2ccccc2)C1=O.C=CC[C@]1(C)CCCC([N+](=O)Oc2ccccc2)C1=O.C=CC[C@]1(C)CCCN(C(=O)c2ccc(-c3ccccc3)cc2)C1=O.C=CC[C@]1(C)CCCN(C(=O)c2cccc3ccccc23)C1=O.C=CC[C@]1(C)CCN(C(=O)OCc2ccccc2)C1=O.C=CC[C@]1(Cc2ccccc2)CCCN(C(C)=O)C1=O. The van der Waals surface area contributed by atoms with Gasteiger partial charge in [-0.25, -0.2) is 9.69 Å². The number of amides is 12. The van der Waals surface area contributed by atoms with E-state index in [-0.39, 0.29) is 77.4 Å². The second-order valence-electron chi connectivity index (χ2n) is 41.1. The van der Waals surface area contributed by atoms with Gasteiger partial charge in [-0.15, -0.1) is 39.5 Å². The molecule has 23 nitrogen and oxygen atoms in total. The van der Waals surface area contributed by atoms with Crippen molar-refractivity contribution in [3.8, 4) is 16.9 Å². The molecular formula is C124H143ClN7O16+. The van der Waals surface area contributed by atoms with Gasteiger partial charge in [-0.2, -0.15) is 4.84 Å². The fourth-order valence-corrected chi connectivity index (χ4v) is 20.9. The number of ketones is 1. The maximum Gasteiger partial charge on any atom is 0.416 e. The zero-order valence-corrected chi connectivity index (χ0v) is 87.9. The van der Waals surface area contributed by atoms with Crippen LogP contribution in [0.5, 0.6) is 5.75 Å². The Bertz CT molecular complexity index is 6180. The van der Waals surface area contributed by atoms with Crippen molar-refractivity contribution in [2.24, 2.45) is 37.9 Å². The predicted octanol–water partition coefficient (Wildman–Crippen LogP) is 25.5. The van der Waals surface area contributed by atoms with Crippen LogP contribution in [0.1, 0.15) is 243 Å². The van der Waals surface area contributed by atoms with E-state index in [4.69, 9.17) is 21.2 Å². The molecule has 148 heavy (non-hydrogen) atoms. The van der Waals surface area contributed by atoms with E-state index in [0.29, 0.717) is 141 Å². The summed E-state index contributed by atoms with van der Waals surface area (Å²) in [6.45, 7) is 44.1. The molecule has 7 aliphatic rings. The highest BCUT2D eigenvalue weighted by Crippen LogP contribution is 2.45. The normalized spacial score (nSPS) is 22.4. The summed E-state index contributed by atoms with van der Waals surface area (Å²) in [4.78, 5) is 189. The molecular weight excluding hydrogens is 1880 g/mol. The lowest BCUT2D eigenvalue weighted by molar-refractivity contribution is -0.778. The fraction of sp³-hybridized carbons (Fsp3) is 0.363. The van der Waals surface area contributed by atoms with Crippen molar-refractivity contribution in [1.29, 1.82) is 0 Å². The van der Waals surface area contributed by atoms with Crippen molar-refractivity contribution in [1.82, 2.24) is 29.4 Å². The van der Waals surface area contributed by atoms with Crippen LogP contribution in [0.3, 0.4) is 0 Å². The molecule has 1 aliphatic carbocycles. The van der Waals surface area contributed by atoms with E-state index < -0.39 is 50.0 Å². The Morgan fingerprint density at radius 2 is 0.743 bits per heavy atom. The number of rotatable bonds is 26. The standard InChI is InChI=1S/C22H23NO2.C20H21NO2.2C17H21NO2.C16H18ClNO2.C16H20NO3.C16H19NO3/c1-3-14-22(2)15-7-16-23(21(22)25)20(24)19-12-10-18(11-13-19)17-8-5-4-6-9-17;1-3-12-20(2)13-7-14-21(19(20)23)18(22)17-11-6-9-15-8-4-5-10-16(15)17;1-13(2)12-17(3)10-7-11-18(16(17)20)15(19)14-8-5-4-6-9-14;1-3-10-17(13-15-8-5-4-6-9-15)11-7-12-18(14(2)19)16(17)20;1-12(17)11-16(2)9-6-10-18(15(16)20)14(19)13-7-4-3-5-8-13;1-3-11-16(2)12-7-10-14(15(16)18)17(19)20-13-8-5-4-6-9-13;1-3-9-16(2)10-11-17(14(16)18)15(19)20-12-13-7-5-4-6-8-13/h3-6,8-13H,1,7,14-16H2,2H3;3-6,8-11H,1,7,12-14H2,2H3;4-6,8-9H,1,7,10-12H2,2-3H3;3-6,8-9H,1,7,10-13H2,2H3;3-5,7-8H,1,6,9-11H2,2H3;3-6,8-9,14H,1,7,10-12H2,2H3;3-8H,1,9-12H2,2H3/q;;;;;+1;/t22-;20-;2*17-;16-;14?,16-;16-/m1101011/s1. The van der Waals surface area contributed by atoms with E-state index in [2.05, 4.69) is 46.1 Å². The van der Waals surface area contributed by atoms with Crippen molar-refractivity contribution < 1.29 is 76.8 Å². The van der Waals surface area contributed by atoms with Crippen molar-refractivity contribution in [2.75, 3.05) is 39.3 Å². The van der Waals surface area contributed by atoms with Crippen LogP contribution in [-0.4, -0.2) is 156 Å². The molecule has 16 rings (SSSR count). The van der Waals surface area contributed by atoms with Gasteiger partial charge in [-0.1, -0.05) is 290 Å². The largest absolute Gasteiger partial charge is 0.444 e. The predicted molar refractivity (Wildman–Crippen MR) is 582 cm³/mol. The van der Waals surface area contributed by atoms with Crippen LogP contribution < -0.4 is 4.84 Å². The number of hydrogen-bond acceptors (Lipinski definition) is 16. The Labute approximate surface area is 877 Å². The number of hydrogen-bond donors (Lipinski definition) is 0. The highest BCUT2D eigenvalue weighted by Gasteiger charge is 2.52. The van der Waals surface area contributed by atoms with Gasteiger partial charge >= 0.3 is 12.1 Å². The van der Waals surface area contributed by atoms with Crippen molar-refractivity contribution in [2.45, 2.75) is 209 Å². The Kier molecular flexibility index (Phi) is 41.8. The Balaban J connectivity index is 0.000000177. The third-order valence-corrected chi connectivity index (χ3v) is 29.0. The van der Waals surface area contributed by atoms with Gasteiger partial charge in [-0.05, 0) is 229 Å². The van der Waals surface area contributed by atoms with Crippen LogP contribution in [0, 0.1) is 42.8 Å². The second kappa shape index (κ2) is 53.7. The molecule has 776 valence electrons. The van der Waals surface area contributed by atoms with Gasteiger partial charge in [0.05, 0.1) is 37.4 Å². The summed E-state index contributed by atoms with van der Waals surface area (Å²) in [6.07, 6.45) is 23.9. The van der Waals surface area contributed by atoms with Gasteiger partial charge in [0, 0.05) is 85.3 Å². The first-order valence-electron chi connectivity index (χ1n) is 51.1. The third kappa shape index (κ3) is 29.7. The number of ether oxygens (including phenoxy) is 1. The number of carbonyl (C=O) groups excluding carboxylic acids is 13. The van der Waals surface area contributed by atoms with Crippen molar-refractivity contribution in [3.05, 3.63) is 374 Å². The van der Waals surface area contributed by atoms with Gasteiger partial charge < -0.3 is 4.74 Å². The lowest BCUT2D eigenvalue weighted by atomic mass is 9.70. The topological polar surface area (TPSA) is 280 Å². The first-order chi connectivity index (χ1) is 70.7. The third-order valence-electron chi connectivity index (χ3n) is 28.8. The first-order valence-corrected chi connectivity index (χ1v) is 51.4. The number of fused-ring (bicyclic) bond motifs is 1. The van der Waals surface area contributed by atoms with Crippen molar-refractivity contribution in [3.63, 3.8) is 0 Å². The maximum absolute atomic E-state index is 13.0. The molecule has 0 radical (unpaired) electrons. The van der Waals surface area contributed by atoms with E-state index in [1.807, 2.05) is 218 Å². The number of nitrogens with zero attached hydrogens (tertiary/aromatic N) is 7. The minimum absolute atomic E-state index is 0.0417. The highest BCUT2D eigenvalue weighted by atomic mass is 35.5. The minimum Gasteiger partial charge on any atom is -0.444 e. The van der Waals surface area contributed by atoms with Crippen molar-refractivity contribution >= 4 is 99.2 Å². The number of para-hydroxylation sites is 1. The van der Waals surface area contributed by atoms with E-state index in [1.54, 1.807) is 109 Å². The molecule has 7 fully saturated rings. The fourth-order valence-electron chi connectivity index (χ4n) is 20.6. The molecule has 0 spiro atoms. The van der Waals surface area contributed by atoms with Gasteiger partial charge in [0.2, 0.25) is 57.8 Å². The van der Waals surface area contributed by atoms with Gasteiger partial charge in [-0.3, -0.25) is 82.0 Å². The number of piperidine rings is 5. The summed E-state index contributed by atoms with van der Waals surface area (Å²) in [5.74, 6) is -1.18. The van der Waals surface area contributed by atoms with Crippen LogP contribution in [0.2, 0.25) is 0 Å². The zero-order valence-electron chi connectivity index (χ0n) is 87.1. The number of imide groups is 6. The zero-order chi connectivity index (χ0) is 108. The Morgan fingerprint density at radius 3 is 1.22 bits per heavy atom. The summed E-state index contributed by atoms with van der Waals surface area (Å²) in [6, 6.07) is 76.3. The lowest BCUT2D eigenvalue weighted by Gasteiger charge is -2.40. The summed E-state index contributed by atoms with van der Waals surface area (Å²) >= 11 is 5.86. The number of likely N-dealkylation sites (tertiary alicyclic amines) is 6. The molecule has 1 saturated carbocycles. The van der Waals surface area contributed by atoms with Crippen LogP contribution >= 0.6 is 11.6 Å². The number of Topliss-reactive ketones (excluding diaryl/α,β-unsaturated/α-hetero) is 1. The van der Waals surface area contributed by atoms with E-state index in [0.717, 1.165) is 116 Å². The highest BCUT2D eigenvalue weighted by molar-refractivity contribution is 6.29. The van der Waals surface area contributed by atoms with E-state index in [1.165, 1.54) is 36.3 Å². The van der Waals surface area contributed by atoms with E-state index >= 15 is 0 Å². The van der Waals surface area contributed by atoms with E-state index in [9.17, 15) is 67.2 Å². The van der Waals surface area contributed by atoms with Crippen LogP contribution in [0.25, 0.3) is 21.9 Å². The maximum atomic E-state index is 13.0. The average Bonchev–Trinajstić information content (AvgIpc) is 1.69. The molecule has 6 heterocycles. The molecule has 0 N–H and O–H groups in total. The van der Waals surface area contributed by atoms with Gasteiger partial charge in [0.15, 0.2) is 0 Å². The summed E-state index contributed by atoms with van der Waals surface area (Å²) in [5, 5.41) is 2.36. The molecule has 1 unspecified atom stereocenters. The molecule has 8 atom stereocenters. The van der Waals surface area contributed by atoms with Gasteiger partial charge in [0.25, 0.3) is 23.6 Å². The van der Waals surface area contributed by atoms with Crippen LogP contribution in [0.15, 0.2) is 336 Å². The number of carbonyl (C=O) groups is 13. The molecule has 6 aliphatic heterocycles. The lowest BCUT2D eigenvalue weighted by Crippen LogP contribution is -2.51. The smallest absolute Gasteiger partial charge is 0.416 e. The van der Waals surface area contributed by atoms with Crippen LogP contribution in [0.4, 0.5) is 4.79 Å². The molecule has 12 amide bonds. The second-order valence-corrected chi connectivity index (χ2v) is 41.6. The first kappa shape index (κ1) is 115. The number of allylic oxidation sites excluding steroid dienone is 7. The monoisotopic (exact) mass is 2020 g/mol. The molecule has 6 saturated heterocycles. The number of benzene rings is 9. The molecule has 9 aromatic rings. The quantitative estimate of drug-likeness (QED) is 0.0277.